The summed E-state index contributed by atoms with van der Waals surface area (Å²) in [7, 11) is -3.84. The Kier molecular flexibility index (Phi) is 7.99. The van der Waals surface area contributed by atoms with E-state index < -0.39 is 21.8 Å². The number of halogens is 1. The van der Waals surface area contributed by atoms with Gasteiger partial charge in [-0.1, -0.05) is 24.6 Å². The quantitative estimate of drug-likeness (QED) is 0.601. The molecule has 0 saturated carbocycles. The molecule has 0 bridgehead atoms. The maximum atomic E-state index is 13.1. The predicted molar refractivity (Wildman–Crippen MR) is 126 cm³/mol. The number of carbonyl (C=O) groups is 2. The summed E-state index contributed by atoms with van der Waals surface area (Å²) in [4.78, 5) is 24.4. The minimum atomic E-state index is -3.84. The summed E-state index contributed by atoms with van der Waals surface area (Å²) >= 11 is 6.17. The molecule has 2 aromatic carbocycles. The monoisotopic (exact) mass is 493 g/mol. The van der Waals surface area contributed by atoms with Crippen molar-refractivity contribution in [2.24, 2.45) is 5.92 Å². The number of benzene rings is 2. The van der Waals surface area contributed by atoms with E-state index in [1.165, 1.54) is 22.5 Å². The fourth-order valence-corrected chi connectivity index (χ4v) is 5.63. The first-order chi connectivity index (χ1) is 15.6. The number of amides is 2. The first kappa shape index (κ1) is 25.0. The van der Waals surface area contributed by atoms with Crippen molar-refractivity contribution in [3.63, 3.8) is 0 Å². The van der Waals surface area contributed by atoms with E-state index in [1.807, 2.05) is 32.9 Å². The molecule has 2 N–H and O–H groups in total. The Hall–Kier alpha value is -2.62. The zero-order chi connectivity index (χ0) is 24.2. The third kappa shape index (κ3) is 6.25. The fraction of sp³-hybridized carbons (Fsp3) is 0.391. The van der Waals surface area contributed by atoms with E-state index in [-0.39, 0.29) is 28.0 Å². The van der Waals surface area contributed by atoms with Gasteiger partial charge >= 0.3 is 0 Å². The van der Waals surface area contributed by atoms with E-state index in [9.17, 15) is 18.0 Å². The van der Waals surface area contributed by atoms with Crippen molar-refractivity contribution >= 4 is 33.4 Å². The number of hydrazine groups is 1. The molecular formula is C23H28ClN3O5S. The molecular weight excluding hydrogens is 466 g/mol. The van der Waals surface area contributed by atoms with Crippen molar-refractivity contribution in [1.82, 2.24) is 15.2 Å². The molecule has 0 radical (unpaired) electrons. The van der Waals surface area contributed by atoms with Crippen LogP contribution in [0.25, 0.3) is 0 Å². The highest BCUT2D eigenvalue weighted by Gasteiger charge is 2.31. The lowest BCUT2D eigenvalue weighted by Crippen LogP contribution is -2.44. The molecule has 0 aromatic heterocycles. The summed E-state index contributed by atoms with van der Waals surface area (Å²) in [6, 6.07) is 9.45. The number of carbonyl (C=O) groups excluding carboxylic acids is 2. The summed E-state index contributed by atoms with van der Waals surface area (Å²) in [6.45, 7) is 6.44. The minimum absolute atomic E-state index is 0.0376. The number of piperidine rings is 1. The van der Waals surface area contributed by atoms with Crippen molar-refractivity contribution in [1.29, 1.82) is 0 Å². The smallest absolute Gasteiger partial charge is 0.276 e. The molecule has 1 atom stereocenters. The van der Waals surface area contributed by atoms with E-state index in [0.29, 0.717) is 18.8 Å². The fourth-order valence-electron chi connectivity index (χ4n) is 3.53. The third-order valence-electron chi connectivity index (χ3n) is 5.59. The van der Waals surface area contributed by atoms with Crippen molar-refractivity contribution in [2.45, 2.75) is 38.5 Å². The minimum Gasteiger partial charge on any atom is -0.484 e. The van der Waals surface area contributed by atoms with Gasteiger partial charge in [0.1, 0.15) is 10.6 Å². The molecule has 1 aliphatic rings. The lowest BCUT2D eigenvalue weighted by molar-refractivity contribution is -0.123. The van der Waals surface area contributed by atoms with Gasteiger partial charge in [0.05, 0.1) is 5.02 Å². The zero-order valence-electron chi connectivity index (χ0n) is 18.9. The lowest BCUT2D eigenvalue weighted by atomic mass is 10.0. The standard InChI is InChI=1S/C23H28ClN3O5S/c1-15-5-4-10-27(13-15)33(30,31)21-12-18(7-9-20(21)24)23(29)26-25-22(28)14-32-19-8-6-16(2)17(3)11-19/h6-9,11-12,15H,4-5,10,13-14H2,1-3H3,(H,25,28)(H,26,29). The number of sulfonamides is 1. The van der Waals surface area contributed by atoms with Gasteiger partial charge in [0, 0.05) is 18.7 Å². The van der Waals surface area contributed by atoms with Crippen molar-refractivity contribution in [2.75, 3.05) is 19.7 Å². The normalized spacial score (nSPS) is 16.8. The molecule has 0 aliphatic carbocycles. The highest BCUT2D eigenvalue weighted by Crippen LogP contribution is 2.29. The molecule has 0 spiro atoms. The van der Waals surface area contributed by atoms with Crippen molar-refractivity contribution in [3.05, 3.63) is 58.1 Å². The Morgan fingerprint density at radius 2 is 1.88 bits per heavy atom. The Balaban J connectivity index is 1.62. The Morgan fingerprint density at radius 1 is 1.12 bits per heavy atom. The van der Waals surface area contributed by atoms with Gasteiger partial charge in [0.25, 0.3) is 11.8 Å². The number of ether oxygens (including phenoxy) is 1. The molecule has 178 valence electrons. The van der Waals surface area contributed by atoms with Gasteiger partial charge in [-0.3, -0.25) is 20.4 Å². The molecule has 2 aromatic rings. The predicted octanol–water partition coefficient (Wildman–Crippen LogP) is 3.22. The van der Waals surface area contributed by atoms with Crippen LogP contribution in [0.5, 0.6) is 5.75 Å². The van der Waals surface area contributed by atoms with Gasteiger partial charge in [-0.15, -0.1) is 0 Å². The molecule has 1 aliphatic heterocycles. The van der Waals surface area contributed by atoms with Gasteiger partial charge < -0.3 is 4.74 Å². The second-order valence-corrected chi connectivity index (χ2v) is 10.6. The average molecular weight is 494 g/mol. The first-order valence-electron chi connectivity index (χ1n) is 10.7. The van der Waals surface area contributed by atoms with Gasteiger partial charge in [0.2, 0.25) is 10.0 Å². The molecule has 10 heteroatoms. The van der Waals surface area contributed by atoms with Gasteiger partial charge in [0.15, 0.2) is 6.61 Å². The molecule has 1 heterocycles. The van der Waals surface area contributed by atoms with Crippen LogP contribution < -0.4 is 15.6 Å². The van der Waals surface area contributed by atoms with Gasteiger partial charge in [-0.05, 0) is 74.1 Å². The van der Waals surface area contributed by atoms with Crippen LogP contribution in [0.15, 0.2) is 41.3 Å². The van der Waals surface area contributed by atoms with Crippen LogP contribution in [0.1, 0.15) is 41.3 Å². The van der Waals surface area contributed by atoms with Crippen LogP contribution >= 0.6 is 11.6 Å². The van der Waals surface area contributed by atoms with Crippen molar-refractivity contribution in [3.8, 4) is 5.75 Å². The third-order valence-corrected chi connectivity index (χ3v) is 7.94. The molecule has 8 nitrogen and oxygen atoms in total. The van der Waals surface area contributed by atoms with Crippen LogP contribution in [-0.2, 0) is 14.8 Å². The van der Waals surface area contributed by atoms with Crippen LogP contribution in [0.2, 0.25) is 5.02 Å². The van der Waals surface area contributed by atoms with E-state index in [4.69, 9.17) is 16.3 Å². The maximum absolute atomic E-state index is 13.1. The summed E-state index contributed by atoms with van der Waals surface area (Å²) in [5.74, 6) is -0.445. The largest absolute Gasteiger partial charge is 0.484 e. The summed E-state index contributed by atoms with van der Waals surface area (Å²) in [5.41, 5.74) is 6.73. The Labute approximate surface area is 199 Å². The van der Waals surface area contributed by atoms with Crippen molar-refractivity contribution < 1.29 is 22.7 Å². The van der Waals surface area contributed by atoms with Crippen LogP contribution in [0, 0.1) is 19.8 Å². The summed E-state index contributed by atoms with van der Waals surface area (Å²) < 4.78 is 33.0. The van der Waals surface area contributed by atoms with Crippen LogP contribution in [0.4, 0.5) is 0 Å². The van der Waals surface area contributed by atoms with Gasteiger partial charge in [-0.2, -0.15) is 4.31 Å². The number of nitrogens with zero attached hydrogens (tertiary/aromatic N) is 1. The molecule has 33 heavy (non-hydrogen) atoms. The summed E-state index contributed by atoms with van der Waals surface area (Å²) in [5, 5.41) is 0.0376. The Morgan fingerprint density at radius 3 is 2.58 bits per heavy atom. The molecule has 1 fully saturated rings. The molecule has 1 unspecified atom stereocenters. The highest BCUT2D eigenvalue weighted by molar-refractivity contribution is 7.89. The molecule has 2 amide bonds. The first-order valence-corrected chi connectivity index (χ1v) is 12.5. The maximum Gasteiger partial charge on any atom is 0.276 e. The second kappa shape index (κ2) is 10.5. The van der Waals surface area contributed by atoms with E-state index >= 15 is 0 Å². The zero-order valence-corrected chi connectivity index (χ0v) is 20.4. The second-order valence-electron chi connectivity index (χ2n) is 8.29. The highest BCUT2D eigenvalue weighted by atomic mass is 35.5. The average Bonchev–Trinajstić information content (AvgIpc) is 2.78. The molecule has 3 rings (SSSR count). The van der Waals surface area contributed by atoms with Crippen LogP contribution in [-0.4, -0.2) is 44.2 Å². The van der Waals surface area contributed by atoms with E-state index in [2.05, 4.69) is 10.9 Å². The van der Waals surface area contributed by atoms with E-state index in [0.717, 1.165) is 24.0 Å². The molecule has 1 saturated heterocycles. The number of rotatable bonds is 6. The number of hydrogen-bond donors (Lipinski definition) is 2. The topological polar surface area (TPSA) is 105 Å². The Bertz CT molecular complexity index is 1150. The van der Waals surface area contributed by atoms with Gasteiger partial charge in [-0.25, -0.2) is 8.42 Å². The SMILES string of the molecule is Cc1ccc(OCC(=O)NNC(=O)c2ccc(Cl)c(S(=O)(=O)N3CCCC(C)C3)c2)cc1C. The van der Waals surface area contributed by atoms with E-state index in [1.54, 1.807) is 6.07 Å². The number of nitrogens with one attached hydrogen (secondary N) is 2. The number of hydrogen-bond acceptors (Lipinski definition) is 5. The number of aryl methyl sites for hydroxylation is 2. The summed E-state index contributed by atoms with van der Waals surface area (Å²) in [6.07, 6.45) is 1.74. The lowest BCUT2D eigenvalue weighted by Gasteiger charge is -2.30. The van der Waals surface area contributed by atoms with Crippen LogP contribution in [0.3, 0.4) is 0 Å².